The van der Waals surface area contributed by atoms with E-state index >= 15 is 0 Å². The van der Waals surface area contributed by atoms with Gasteiger partial charge in [0.1, 0.15) is 0 Å². The molecule has 1 heterocycles. The normalized spacial score (nSPS) is 21.8. The summed E-state index contributed by atoms with van der Waals surface area (Å²) >= 11 is 1.67. The summed E-state index contributed by atoms with van der Waals surface area (Å²) in [5.41, 5.74) is 2.42. The molecule has 160 valence electrons. The zero-order valence-electron chi connectivity index (χ0n) is 17.4. The van der Waals surface area contributed by atoms with E-state index < -0.39 is 0 Å². The van der Waals surface area contributed by atoms with Crippen LogP contribution in [0.5, 0.6) is 0 Å². The summed E-state index contributed by atoms with van der Waals surface area (Å²) < 4.78 is 6.57. The largest absolute Gasteiger partial charge is 0.455 e. The predicted octanol–water partition coefficient (Wildman–Crippen LogP) is 5.12. The van der Waals surface area contributed by atoms with Crippen molar-refractivity contribution in [3.8, 4) is 0 Å². The summed E-state index contributed by atoms with van der Waals surface area (Å²) in [6.07, 6.45) is 11.8. The Hall–Kier alpha value is -2.21. The molecule has 2 aliphatic carbocycles. The van der Waals surface area contributed by atoms with Crippen molar-refractivity contribution in [2.24, 2.45) is 5.92 Å². The number of aromatic nitrogens is 1. The molecule has 5 nitrogen and oxygen atoms in total. The van der Waals surface area contributed by atoms with E-state index in [1.54, 1.807) is 11.3 Å². The van der Waals surface area contributed by atoms with Crippen molar-refractivity contribution in [2.75, 3.05) is 13.2 Å². The van der Waals surface area contributed by atoms with Crippen LogP contribution in [-0.2, 0) is 14.3 Å². The van der Waals surface area contributed by atoms with Gasteiger partial charge in [-0.1, -0.05) is 36.6 Å². The van der Waals surface area contributed by atoms with E-state index in [1.807, 2.05) is 18.2 Å². The molecule has 0 saturated heterocycles. The van der Waals surface area contributed by atoms with Crippen molar-refractivity contribution in [2.45, 2.75) is 63.7 Å². The van der Waals surface area contributed by atoms with E-state index in [4.69, 9.17) is 9.72 Å². The standard InChI is InChI=1S/C24H30N2O3S/c27-22(25-15-14-17-8-2-1-3-9-17)16-29-24(28)19-11-5-4-10-18(19)23-26-20-12-6-7-13-21(20)30-23/h6-8,12-13,18-19H,1-5,9-11,14-16H2,(H,25,27). The van der Waals surface area contributed by atoms with Crippen LogP contribution in [0.2, 0.25) is 0 Å². The lowest BCUT2D eigenvalue weighted by atomic mass is 9.79. The average molecular weight is 427 g/mol. The maximum Gasteiger partial charge on any atom is 0.310 e. The van der Waals surface area contributed by atoms with Crippen molar-refractivity contribution in [1.29, 1.82) is 0 Å². The number of nitrogens with zero attached hydrogens (tertiary/aromatic N) is 1. The minimum absolute atomic E-state index is 0.0879. The highest BCUT2D eigenvalue weighted by atomic mass is 32.1. The Kier molecular flexibility index (Phi) is 7.16. The molecule has 2 atom stereocenters. The van der Waals surface area contributed by atoms with Gasteiger partial charge in [0.25, 0.3) is 5.91 Å². The first-order valence-corrected chi connectivity index (χ1v) is 12.0. The molecule has 1 fully saturated rings. The Labute approximate surface area is 181 Å². The van der Waals surface area contributed by atoms with Gasteiger partial charge in [-0.3, -0.25) is 9.59 Å². The van der Waals surface area contributed by atoms with Crippen molar-refractivity contribution < 1.29 is 14.3 Å². The highest BCUT2D eigenvalue weighted by Crippen LogP contribution is 2.41. The lowest BCUT2D eigenvalue weighted by Gasteiger charge is -2.28. The number of thiazole rings is 1. The summed E-state index contributed by atoms with van der Waals surface area (Å²) in [4.78, 5) is 29.7. The SMILES string of the molecule is O=C(COC(=O)C1CCCCC1c1nc2ccccc2s1)NCCC1=CCCCC1. The zero-order valence-corrected chi connectivity index (χ0v) is 18.2. The van der Waals surface area contributed by atoms with E-state index in [0.717, 1.165) is 60.2 Å². The fraction of sp³-hybridized carbons (Fsp3) is 0.542. The molecule has 2 aliphatic rings. The molecule has 1 aromatic carbocycles. The van der Waals surface area contributed by atoms with Crippen LogP contribution >= 0.6 is 11.3 Å². The van der Waals surface area contributed by atoms with Gasteiger partial charge in [0.05, 0.1) is 21.1 Å². The number of fused-ring (bicyclic) bond motifs is 1. The number of allylic oxidation sites excluding steroid dienone is 1. The summed E-state index contributed by atoms with van der Waals surface area (Å²) in [6.45, 7) is 0.418. The first kappa shape index (κ1) is 21.0. The summed E-state index contributed by atoms with van der Waals surface area (Å²) in [5, 5.41) is 3.90. The fourth-order valence-corrected chi connectivity index (χ4v) is 5.71. The number of carbonyl (C=O) groups is 2. The van der Waals surface area contributed by atoms with Gasteiger partial charge in [-0.05, 0) is 57.1 Å². The van der Waals surface area contributed by atoms with E-state index in [9.17, 15) is 9.59 Å². The molecule has 30 heavy (non-hydrogen) atoms. The van der Waals surface area contributed by atoms with E-state index in [2.05, 4.69) is 17.5 Å². The lowest BCUT2D eigenvalue weighted by molar-refractivity contribution is -0.154. The van der Waals surface area contributed by atoms with Gasteiger partial charge in [0.15, 0.2) is 6.61 Å². The number of amides is 1. The van der Waals surface area contributed by atoms with Crippen molar-refractivity contribution in [1.82, 2.24) is 10.3 Å². The molecule has 4 rings (SSSR count). The van der Waals surface area contributed by atoms with E-state index in [0.29, 0.717) is 6.54 Å². The summed E-state index contributed by atoms with van der Waals surface area (Å²) in [6, 6.07) is 8.09. The molecule has 0 spiro atoms. The molecular weight excluding hydrogens is 396 g/mol. The van der Waals surface area contributed by atoms with E-state index in [-0.39, 0.29) is 30.3 Å². The number of hydrogen-bond donors (Lipinski definition) is 1. The second-order valence-corrected chi connectivity index (χ2v) is 9.40. The third kappa shape index (κ3) is 5.28. The van der Waals surface area contributed by atoms with Crippen LogP contribution in [0.3, 0.4) is 0 Å². The van der Waals surface area contributed by atoms with Crippen LogP contribution in [-0.4, -0.2) is 30.0 Å². The van der Waals surface area contributed by atoms with Gasteiger partial charge >= 0.3 is 5.97 Å². The minimum Gasteiger partial charge on any atom is -0.455 e. The van der Waals surface area contributed by atoms with Crippen molar-refractivity contribution >= 4 is 33.4 Å². The molecule has 0 aliphatic heterocycles. The molecule has 1 N–H and O–H groups in total. The number of hydrogen-bond acceptors (Lipinski definition) is 5. The number of para-hydroxylation sites is 1. The smallest absolute Gasteiger partial charge is 0.310 e. The third-order valence-electron chi connectivity index (χ3n) is 6.20. The second-order valence-electron chi connectivity index (χ2n) is 8.33. The van der Waals surface area contributed by atoms with E-state index in [1.165, 1.54) is 18.4 Å². The van der Waals surface area contributed by atoms with Gasteiger partial charge in [0, 0.05) is 12.5 Å². The van der Waals surface area contributed by atoms with Crippen LogP contribution in [0.4, 0.5) is 0 Å². The summed E-state index contributed by atoms with van der Waals surface area (Å²) in [7, 11) is 0. The fourth-order valence-electron chi connectivity index (χ4n) is 4.55. The van der Waals surface area contributed by atoms with Crippen LogP contribution < -0.4 is 5.32 Å². The molecule has 2 unspecified atom stereocenters. The van der Waals surface area contributed by atoms with Crippen molar-refractivity contribution in [3.63, 3.8) is 0 Å². The predicted molar refractivity (Wildman–Crippen MR) is 119 cm³/mol. The van der Waals surface area contributed by atoms with Gasteiger partial charge < -0.3 is 10.1 Å². The first-order valence-electron chi connectivity index (χ1n) is 11.2. The number of nitrogens with one attached hydrogen (secondary N) is 1. The Morgan fingerprint density at radius 3 is 2.83 bits per heavy atom. The monoisotopic (exact) mass is 426 g/mol. The number of benzene rings is 1. The van der Waals surface area contributed by atoms with Crippen LogP contribution in [0.15, 0.2) is 35.9 Å². The Morgan fingerprint density at radius 1 is 1.13 bits per heavy atom. The highest BCUT2D eigenvalue weighted by Gasteiger charge is 2.35. The maximum absolute atomic E-state index is 12.8. The molecule has 1 amide bonds. The quantitative estimate of drug-likeness (QED) is 0.493. The van der Waals surface area contributed by atoms with Crippen molar-refractivity contribution in [3.05, 3.63) is 40.9 Å². The maximum atomic E-state index is 12.8. The topological polar surface area (TPSA) is 68.3 Å². The average Bonchev–Trinajstić information content (AvgIpc) is 3.22. The first-order chi connectivity index (χ1) is 14.7. The van der Waals surface area contributed by atoms with Gasteiger partial charge in [-0.2, -0.15) is 0 Å². The molecule has 1 aromatic heterocycles. The second kappa shape index (κ2) is 10.2. The van der Waals surface area contributed by atoms with Gasteiger partial charge in [-0.15, -0.1) is 11.3 Å². The lowest BCUT2D eigenvalue weighted by Crippen LogP contribution is -2.33. The number of ether oxygens (including phenoxy) is 1. The Morgan fingerprint density at radius 2 is 2.00 bits per heavy atom. The third-order valence-corrected chi connectivity index (χ3v) is 7.36. The molecule has 1 saturated carbocycles. The molecule has 6 heteroatoms. The molecule has 0 bridgehead atoms. The number of carbonyl (C=O) groups excluding carboxylic acids is 2. The molecule has 2 aromatic rings. The Balaban J connectivity index is 1.28. The van der Waals surface area contributed by atoms with Gasteiger partial charge in [0.2, 0.25) is 0 Å². The Bertz CT molecular complexity index is 887. The van der Waals surface area contributed by atoms with Crippen LogP contribution in [0.1, 0.15) is 68.7 Å². The van der Waals surface area contributed by atoms with Crippen LogP contribution in [0, 0.1) is 5.92 Å². The molecule has 0 radical (unpaired) electrons. The zero-order chi connectivity index (χ0) is 20.8. The number of esters is 1. The van der Waals surface area contributed by atoms with Crippen LogP contribution in [0.25, 0.3) is 10.2 Å². The van der Waals surface area contributed by atoms with Gasteiger partial charge in [-0.25, -0.2) is 4.98 Å². The highest BCUT2D eigenvalue weighted by molar-refractivity contribution is 7.18. The minimum atomic E-state index is -0.260. The summed E-state index contributed by atoms with van der Waals surface area (Å²) in [5.74, 6) is -0.597. The molecular formula is C24H30N2O3S. The number of rotatable bonds is 7.